The van der Waals surface area contributed by atoms with Crippen molar-refractivity contribution in [3.63, 3.8) is 0 Å². The lowest BCUT2D eigenvalue weighted by Gasteiger charge is -2.18. The Bertz CT molecular complexity index is 782. The van der Waals surface area contributed by atoms with Crippen LogP contribution in [0.4, 0.5) is 8.78 Å². The van der Waals surface area contributed by atoms with Crippen LogP contribution >= 0.6 is 0 Å². The van der Waals surface area contributed by atoms with Gasteiger partial charge < -0.3 is 10.6 Å². The molecule has 0 aliphatic heterocycles. The predicted molar refractivity (Wildman–Crippen MR) is 100 cm³/mol. The molecule has 1 atom stereocenters. The molecule has 1 aromatic heterocycles. The van der Waals surface area contributed by atoms with Crippen LogP contribution in [-0.4, -0.2) is 35.4 Å². The minimum atomic E-state index is -0.431. The normalized spacial score (nSPS) is 13.0. The van der Waals surface area contributed by atoms with Crippen molar-refractivity contribution < 1.29 is 8.78 Å². The Morgan fingerprint density at radius 3 is 2.65 bits per heavy atom. The highest BCUT2D eigenvalue weighted by molar-refractivity contribution is 5.79. The monoisotopic (exact) mass is 363 g/mol. The second kappa shape index (κ2) is 8.78. The Balaban J connectivity index is 1.88. The number of benzene rings is 1. The number of guanidine groups is 1. The van der Waals surface area contributed by atoms with E-state index in [1.807, 2.05) is 18.7 Å². The lowest BCUT2D eigenvalue weighted by atomic mass is 10.1. The molecule has 2 rings (SSSR count). The van der Waals surface area contributed by atoms with Gasteiger partial charge in [-0.05, 0) is 62.9 Å². The standard InChI is InChI=1S/C19H27F2N5/c1-12(10-17-13(2)25-26(5)14(17)3)24-19(22-4)23-9-8-15-11-16(20)6-7-18(15)21/h6-7,11-12H,8-10H2,1-5H3,(H2,22,23,24). The van der Waals surface area contributed by atoms with Crippen molar-refractivity contribution in [2.45, 2.75) is 39.7 Å². The highest BCUT2D eigenvalue weighted by Gasteiger charge is 2.14. The summed E-state index contributed by atoms with van der Waals surface area (Å²) >= 11 is 0. The highest BCUT2D eigenvalue weighted by atomic mass is 19.1. The van der Waals surface area contributed by atoms with E-state index in [1.165, 1.54) is 11.6 Å². The van der Waals surface area contributed by atoms with E-state index in [2.05, 4.69) is 34.6 Å². The molecule has 1 unspecified atom stereocenters. The van der Waals surface area contributed by atoms with Crippen LogP contribution in [0.15, 0.2) is 23.2 Å². The molecule has 5 nitrogen and oxygen atoms in total. The Kier molecular flexibility index (Phi) is 6.71. The highest BCUT2D eigenvalue weighted by Crippen LogP contribution is 2.14. The number of halogens is 2. The van der Waals surface area contributed by atoms with E-state index in [0.717, 1.165) is 29.9 Å². The molecule has 0 spiro atoms. The van der Waals surface area contributed by atoms with E-state index in [-0.39, 0.29) is 6.04 Å². The van der Waals surface area contributed by atoms with Gasteiger partial charge in [0, 0.05) is 32.4 Å². The van der Waals surface area contributed by atoms with Crippen LogP contribution in [0, 0.1) is 25.5 Å². The van der Waals surface area contributed by atoms with Gasteiger partial charge in [0.1, 0.15) is 11.6 Å². The van der Waals surface area contributed by atoms with Crippen molar-refractivity contribution in [1.29, 1.82) is 0 Å². The second-order valence-corrected chi connectivity index (χ2v) is 6.51. The van der Waals surface area contributed by atoms with Crippen LogP contribution in [-0.2, 0) is 19.9 Å². The van der Waals surface area contributed by atoms with Crippen LogP contribution in [0.3, 0.4) is 0 Å². The van der Waals surface area contributed by atoms with Crippen molar-refractivity contribution in [3.05, 3.63) is 52.3 Å². The number of aliphatic imine (C=N–C) groups is 1. The van der Waals surface area contributed by atoms with Crippen LogP contribution in [0.5, 0.6) is 0 Å². The zero-order valence-electron chi connectivity index (χ0n) is 16.0. The zero-order chi connectivity index (χ0) is 19.3. The molecule has 2 N–H and O–H groups in total. The fourth-order valence-corrected chi connectivity index (χ4v) is 2.95. The van der Waals surface area contributed by atoms with Gasteiger partial charge >= 0.3 is 0 Å². The molecule has 0 saturated heterocycles. The van der Waals surface area contributed by atoms with Gasteiger partial charge in [0.25, 0.3) is 0 Å². The van der Waals surface area contributed by atoms with Crippen molar-refractivity contribution >= 4 is 5.96 Å². The third-order valence-electron chi connectivity index (χ3n) is 4.47. The molecular weight excluding hydrogens is 336 g/mol. The number of nitrogens with one attached hydrogen (secondary N) is 2. The largest absolute Gasteiger partial charge is 0.356 e. The first-order valence-electron chi connectivity index (χ1n) is 8.72. The molecule has 0 saturated carbocycles. The molecule has 1 heterocycles. The number of nitrogens with zero attached hydrogens (tertiary/aromatic N) is 3. The fraction of sp³-hybridized carbons (Fsp3) is 0.474. The molecular formula is C19H27F2N5. The smallest absolute Gasteiger partial charge is 0.191 e. The summed E-state index contributed by atoms with van der Waals surface area (Å²) in [6, 6.07) is 3.65. The molecule has 1 aromatic carbocycles. The Labute approximate surface area is 153 Å². The quantitative estimate of drug-likeness (QED) is 0.613. The molecule has 0 amide bonds. The lowest BCUT2D eigenvalue weighted by Crippen LogP contribution is -2.43. The van der Waals surface area contributed by atoms with E-state index < -0.39 is 11.6 Å². The molecule has 26 heavy (non-hydrogen) atoms. The Morgan fingerprint density at radius 1 is 1.31 bits per heavy atom. The second-order valence-electron chi connectivity index (χ2n) is 6.51. The summed E-state index contributed by atoms with van der Waals surface area (Å²) in [5, 5.41) is 10.9. The summed E-state index contributed by atoms with van der Waals surface area (Å²) in [7, 11) is 3.63. The summed E-state index contributed by atoms with van der Waals surface area (Å²) in [4.78, 5) is 4.20. The van der Waals surface area contributed by atoms with E-state index in [1.54, 1.807) is 7.05 Å². The number of aryl methyl sites for hydroxylation is 2. The van der Waals surface area contributed by atoms with E-state index in [4.69, 9.17) is 0 Å². The Morgan fingerprint density at radius 2 is 2.04 bits per heavy atom. The summed E-state index contributed by atoms with van der Waals surface area (Å²) in [6.07, 6.45) is 1.20. The number of rotatable bonds is 6. The van der Waals surface area contributed by atoms with E-state index in [0.29, 0.717) is 24.5 Å². The molecule has 142 valence electrons. The van der Waals surface area contributed by atoms with Gasteiger partial charge in [-0.1, -0.05) is 0 Å². The molecule has 0 aliphatic rings. The van der Waals surface area contributed by atoms with Crippen molar-refractivity contribution in [2.24, 2.45) is 12.0 Å². The van der Waals surface area contributed by atoms with Gasteiger partial charge in [-0.25, -0.2) is 8.78 Å². The molecule has 0 fully saturated rings. The minimum Gasteiger partial charge on any atom is -0.356 e. The zero-order valence-corrected chi connectivity index (χ0v) is 16.0. The average molecular weight is 363 g/mol. The van der Waals surface area contributed by atoms with E-state index >= 15 is 0 Å². The third-order valence-corrected chi connectivity index (χ3v) is 4.47. The summed E-state index contributed by atoms with van der Waals surface area (Å²) in [5.41, 5.74) is 3.76. The number of hydrogen-bond acceptors (Lipinski definition) is 2. The fourth-order valence-electron chi connectivity index (χ4n) is 2.95. The maximum absolute atomic E-state index is 13.7. The van der Waals surface area contributed by atoms with Crippen molar-refractivity contribution in [3.8, 4) is 0 Å². The van der Waals surface area contributed by atoms with Crippen LogP contribution in [0.25, 0.3) is 0 Å². The molecule has 7 heteroatoms. The van der Waals surface area contributed by atoms with Gasteiger partial charge in [-0.3, -0.25) is 9.67 Å². The van der Waals surface area contributed by atoms with Gasteiger partial charge in [-0.15, -0.1) is 0 Å². The lowest BCUT2D eigenvalue weighted by molar-refractivity contribution is 0.581. The van der Waals surface area contributed by atoms with Crippen molar-refractivity contribution in [1.82, 2.24) is 20.4 Å². The first-order chi connectivity index (χ1) is 12.3. The first-order valence-corrected chi connectivity index (χ1v) is 8.72. The molecule has 0 bridgehead atoms. The maximum Gasteiger partial charge on any atom is 0.191 e. The topological polar surface area (TPSA) is 54.2 Å². The van der Waals surface area contributed by atoms with Crippen LogP contribution in [0.1, 0.15) is 29.4 Å². The summed E-state index contributed by atoms with van der Waals surface area (Å²) in [6.45, 7) is 6.60. The van der Waals surface area contributed by atoms with Gasteiger partial charge in [-0.2, -0.15) is 5.10 Å². The minimum absolute atomic E-state index is 0.147. The molecule has 0 radical (unpaired) electrons. The number of aromatic nitrogens is 2. The van der Waals surface area contributed by atoms with Gasteiger partial charge in [0.15, 0.2) is 5.96 Å². The van der Waals surface area contributed by atoms with Crippen molar-refractivity contribution in [2.75, 3.05) is 13.6 Å². The summed E-state index contributed by atoms with van der Waals surface area (Å²) in [5.74, 6) is -0.194. The summed E-state index contributed by atoms with van der Waals surface area (Å²) < 4.78 is 28.8. The average Bonchev–Trinajstić information content (AvgIpc) is 2.83. The van der Waals surface area contributed by atoms with E-state index in [9.17, 15) is 8.78 Å². The maximum atomic E-state index is 13.7. The van der Waals surface area contributed by atoms with Crippen LogP contribution < -0.4 is 10.6 Å². The molecule has 0 aliphatic carbocycles. The van der Waals surface area contributed by atoms with Crippen LogP contribution in [0.2, 0.25) is 0 Å². The van der Waals surface area contributed by atoms with Gasteiger partial charge in [0.2, 0.25) is 0 Å². The number of hydrogen-bond donors (Lipinski definition) is 2. The molecule has 2 aromatic rings. The SMILES string of the molecule is CN=C(NCCc1cc(F)ccc1F)NC(C)Cc1c(C)nn(C)c1C. The predicted octanol–water partition coefficient (Wildman–Crippen LogP) is 2.65. The first kappa shape index (κ1) is 19.9. The Hall–Kier alpha value is -2.44. The van der Waals surface area contributed by atoms with Gasteiger partial charge in [0.05, 0.1) is 5.69 Å². The third kappa shape index (κ3) is 5.03.